The highest BCUT2D eigenvalue weighted by atomic mass is 32.1. The standard InChI is InChI=1S/C20H14O4S/c1-23-14-8-9-17-16(11-14)18(19(25-17)20(21)22)24-15-7-6-12-4-2-3-5-13(12)10-15/h2-11H,1H3,(H,21,22). The van der Waals surface area contributed by atoms with E-state index in [2.05, 4.69) is 0 Å². The SMILES string of the molecule is COc1ccc2sc(C(=O)O)c(Oc3ccc4ccccc4c3)c2c1. The molecule has 0 saturated carbocycles. The number of carboxylic acid groups (broad SMARTS) is 1. The van der Waals surface area contributed by atoms with E-state index in [0.717, 1.165) is 20.9 Å². The fourth-order valence-corrected chi connectivity index (χ4v) is 3.72. The van der Waals surface area contributed by atoms with Crippen molar-refractivity contribution in [3.8, 4) is 17.2 Å². The van der Waals surface area contributed by atoms with Crippen LogP contribution in [0.2, 0.25) is 0 Å². The smallest absolute Gasteiger partial charge is 0.349 e. The van der Waals surface area contributed by atoms with Gasteiger partial charge < -0.3 is 14.6 Å². The van der Waals surface area contributed by atoms with Crippen molar-refractivity contribution >= 4 is 38.2 Å². The molecular formula is C20H14O4S. The van der Waals surface area contributed by atoms with Crippen molar-refractivity contribution in [1.82, 2.24) is 0 Å². The van der Waals surface area contributed by atoms with Crippen molar-refractivity contribution in [2.24, 2.45) is 0 Å². The summed E-state index contributed by atoms with van der Waals surface area (Å²) in [5.41, 5.74) is 0. The Hall–Kier alpha value is -3.05. The Bertz CT molecular complexity index is 1100. The normalized spacial score (nSPS) is 10.9. The van der Waals surface area contributed by atoms with Gasteiger partial charge in [0, 0.05) is 10.1 Å². The molecule has 4 rings (SSSR count). The van der Waals surface area contributed by atoms with Crippen LogP contribution in [0.15, 0.2) is 60.7 Å². The van der Waals surface area contributed by atoms with Gasteiger partial charge in [-0.25, -0.2) is 4.79 Å². The van der Waals surface area contributed by atoms with Gasteiger partial charge >= 0.3 is 5.97 Å². The highest BCUT2D eigenvalue weighted by Crippen LogP contribution is 2.42. The molecule has 4 nitrogen and oxygen atoms in total. The first-order chi connectivity index (χ1) is 12.2. The predicted octanol–water partition coefficient (Wildman–Crippen LogP) is 5.55. The van der Waals surface area contributed by atoms with Gasteiger partial charge in [0.05, 0.1) is 7.11 Å². The largest absolute Gasteiger partial charge is 0.497 e. The highest BCUT2D eigenvalue weighted by molar-refractivity contribution is 7.21. The molecule has 4 aromatic rings. The Kier molecular flexibility index (Phi) is 3.78. The third kappa shape index (κ3) is 2.79. The van der Waals surface area contributed by atoms with Crippen LogP contribution >= 0.6 is 11.3 Å². The summed E-state index contributed by atoms with van der Waals surface area (Å²) in [5.74, 6) is 0.604. The number of hydrogen-bond acceptors (Lipinski definition) is 4. The van der Waals surface area contributed by atoms with E-state index in [1.807, 2.05) is 54.6 Å². The van der Waals surface area contributed by atoms with Crippen LogP contribution in [0.25, 0.3) is 20.9 Å². The van der Waals surface area contributed by atoms with Crippen LogP contribution in [0.1, 0.15) is 9.67 Å². The molecule has 0 amide bonds. The summed E-state index contributed by atoms with van der Waals surface area (Å²) >= 11 is 1.19. The third-order valence-corrected chi connectivity index (χ3v) is 5.12. The molecule has 1 heterocycles. The number of hydrogen-bond donors (Lipinski definition) is 1. The summed E-state index contributed by atoms with van der Waals surface area (Å²) < 4.78 is 12.1. The van der Waals surface area contributed by atoms with Gasteiger partial charge in [-0.3, -0.25) is 0 Å². The first kappa shape index (κ1) is 15.5. The fraction of sp³-hybridized carbons (Fsp3) is 0.0500. The summed E-state index contributed by atoms with van der Waals surface area (Å²) in [6, 6.07) is 19.1. The second-order valence-corrected chi connectivity index (χ2v) is 6.59. The Labute approximate surface area is 147 Å². The second kappa shape index (κ2) is 6.11. The number of thiophene rings is 1. The zero-order chi connectivity index (χ0) is 17.4. The summed E-state index contributed by atoms with van der Waals surface area (Å²) in [6.07, 6.45) is 0. The Morgan fingerprint density at radius 2 is 1.72 bits per heavy atom. The molecule has 3 aromatic carbocycles. The minimum absolute atomic E-state index is 0.177. The molecule has 124 valence electrons. The number of aromatic carboxylic acids is 1. The lowest BCUT2D eigenvalue weighted by atomic mass is 10.1. The molecule has 0 spiro atoms. The van der Waals surface area contributed by atoms with Crippen LogP contribution in [0, 0.1) is 0 Å². The first-order valence-electron chi connectivity index (χ1n) is 7.66. The van der Waals surface area contributed by atoms with Crippen molar-refractivity contribution in [1.29, 1.82) is 0 Å². The molecule has 0 unspecified atom stereocenters. The number of methoxy groups -OCH3 is 1. The molecule has 1 aromatic heterocycles. The molecule has 1 N–H and O–H groups in total. The molecule has 0 bridgehead atoms. The molecular weight excluding hydrogens is 336 g/mol. The third-order valence-electron chi connectivity index (χ3n) is 3.98. The van der Waals surface area contributed by atoms with Crippen LogP contribution in [0.4, 0.5) is 0 Å². The van der Waals surface area contributed by atoms with Crippen LogP contribution in [-0.2, 0) is 0 Å². The van der Waals surface area contributed by atoms with E-state index in [1.54, 1.807) is 13.2 Å². The van der Waals surface area contributed by atoms with E-state index < -0.39 is 5.97 Å². The molecule has 0 aliphatic carbocycles. The minimum Gasteiger partial charge on any atom is -0.497 e. The average molecular weight is 350 g/mol. The summed E-state index contributed by atoms with van der Waals surface area (Å²) in [5, 5.41) is 12.4. The summed E-state index contributed by atoms with van der Waals surface area (Å²) in [6.45, 7) is 0. The van der Waals surface area contributed by atoms with Crippen molar-refractivity contribution in [3.63, 3.8) is 0 Å². The molecule has 0 saturated heterocycles. The second-order valence-electron chi connectivity index (χ2n) is 5.54. The van der Waals surface area contributed by atoms with Gasteiger partial charge in [0.15, 0.2) is 10.6 Å². The molecule has 0 aliphatic heterocycles. The first-order valence-corrected chi connectivity index (χ1v) is 8.48. The molecule has 0 radical (unpaired) electrons. The highest BCUT2D eigenvalue weighted by Gasteiger charge is 2.20. The molecule has 0 fully saturated rings. The maximum Gasteiger partial charge on any atom is 0.349 e. The van der Waals surface area contributed by atoms with Gasteiger partial charge in [-0.15, -0.1) is 11.3 Å². The number of fused-ring (bicyclic) bond motifs is 2. The number of ether oxygens (including phenoxy) is 2. The van der Waals surface area contributed by atoms with Crippen molar-refractivity contribution in [2.45, 2.75) is 0 Å². The van der Waals surface area contributed by atoms with Crippen LogP contribution in [-0.4, -0.2) is 18.2 Å². The lowest BCUT2D eigenvalue weighted by molar-refractivity contribution is 0.0700. The number of carbonyl (C=O) groups is 1. The van der Waals surface area contributed by atoms with Gasteiger partial charge in [-0.2, -0.15) is 0 Å². The van der Waals surface area contributed by atoms with Gasteiger partial charge in [-0.1, -0.05) is 30.3 Å². The van der Waals surface area contributed by atoms with E-state index in [9.17, 15) is 9.90 Å². The topological polar surface area (TPSA) is 55.8 Å². The Morgan fingerprint density at radius 3 is 2.48 bits per heavy atom. The maximum atomic E-state index is 11.6. The summed E-state index contributed by atoms with van der Waals surface area (Å²) in [7, 11) is 1.58. The van der Waals surface area contributed by atoms with Crippen molar-refractivity contribution < 1.29 is 19.4 Å². The Balaban J connectivity index is 1.85. The lowest BCUT2D eigenvalue weighted by Gasteiger charge is -2.08. The van der Waals surface area contributed by atoms with E-state index in [0.29, 0.717) is 17.2 Å². The zero-order valence-electron chi connectivity index (χ0n) is 13.4. The van der Waals surface area contributed by atoms with Crippen LogP contribution in [0.5, 0.6) is 17.2 Å². The van der Waals surface area contributed by atoms with Crippen molar-refractivity contribution in [3.05, 3.63) is 65.5 Å². The summed E-state index contributed by atoms with van der Waals surface area (Å²) in [4.78, 5) is 11.8. The maximum absolute atomic E-state index is 11.6. The molecule has 25 heavy (non-hydrogen) atoms. The zero-order valence-corrected chi connectivity index (χ0v) is 14.2. The van der Waals surface area contributed by atoms with Gasteiger partial charge in [0.25, 0.3) is 0 Å². The number of rotatable bonds is 4. The van der Waals surface area contributed by atoms with Crippen LogP contribution < -0.4 is 9.47 Å². The molecule has 5 heteroatoms. The number of carboxylic acids is 1. The monoisotopic (exact) mass is 350 g/mol. The van der Waals surface area contributed by atoms with Crippen LogP contribution in [0.3, 0.4) is 0 Å². The van der Waals surface area contributed by atoms with Gasteiger partial charge in [0.1, 0.15) is 11.5 Å². The average Bonchev–Trinajstić information content (AvgIpc) is 2.99. The van der Waals surface area contributed by atoms with E-state index >= 15 is 0 Å². The molecule has 0 aliphatic rings. The van der Waals surface area contributed by atoms with Crippen molar-refractivity contribution in [2.75, 3.05) is 7.11 Å². The van der Waals surface area contributed by atoms with E-state index in [1.165, 1.54) is 11.3 Å². The Morgan fingerprint density at radius 1 is 0.960 bits per heavy atom. The van der Waals surface area contributed by atoms with E-state index in [-0.39, 0.29) is 4.88 Å². The van der Waals surface area contributed by atoms with Gasteiger partial charge in [0.2, 0.25) is 0 Å². The van der Waals surface area contributed by atoms with E-state index in [4.69, 9.17) is 9.47 Å². The predicted molar refractivity (Wildman–Crippen MR) is 99.4 cm³/mol. The number of benzene rings is 3. The quantitative estimate of drug-likeness (QED) is 0.524. The fourth-order valence-electron chi connectivity index (χ4n) is 2.77. The van der Waals surface area contributed by atoms with Gasteiger partial charge in [-0.05, 0) is 41.1 Å². The minimum atomic E-state index is -1.00. The molecule has 0 atom stereocenters. The lowest BCUT2D eigenvalue weighted by Crippen LogP contribution is -1.95.